The van der Waals surface area contributed by atoms with Crippen molar-refractivity contribution in [2.24, 2.45) is 0 Å². The Morgan fingerprint density at radius 2 is 1.74 bits per heavy atom. The van der Waals surface area contributed by atoms with Crippen LogP contribution in [0.3, 0.4) is 0 Å². The number of aromatic nitrogens is 3. The minimum absolute atomic E-state index is 0.209. The molecule has 0 atom stereocenters. The maximum Gasteiger partial charge on any atom is 0.291 e. The molecule has 0 saturated heterocycles. The summed E-state index contributed by atoms with van der Waals surface area (Å²) in [5.41, 5.74) is 1.51. The first kappa shape index (κ1) is 17.1. The van der Waals surface area contributed by atoms with E-state index in [4.69, 9.17) is 4.74 Å². The highest BCUT2D eigenvalue weighted by Crippen LogP contribution is 2.12. The maximum atomic E-state index is 12.9. The zero-order chi connectivity index (χ0) is 18.8. The molecule has 0 amide bonds. The lowest BCUT2D eigenvalue weighted by Gasteiger charge is -1.98. The molecule has 2 aromatic heterocycles. The Morgan fingerprint density at radius 1 is 1.04 bits per heavy atom. The monoisotopic (exact) mass is 379 g/mol. The lowest BCUT2D eigenvalue weighted by Crippen LogP contribution is -2.23. The number of hydrogen-bond acceptors (Lipinski definition) is 5. The van der Waals surface area contributed by atoms with E-state index in [0.29, 0.717) is 15.3 Å². The molecule has 27 heavy (non-hydrogen) atoms. The largest absolute Gasteiger partial charge is 0.497 e. The number of thiazole rings is 1. The van der Waals surface area contributed by atoms with Crippen LogP contribution in [0.2, 0.25) is 0 Å². The van der Waals surface area contributed by atoms with E-state index in [0.717, 1.165) is 16.9 Å². The first-order chi connectivity index (χ1) is 13.1. The summed E-state index contributed by atoms with van der Waals surface area (Å²) in [6.07, 6.45) is 5.27. The number of halogens is 1. The molecule has 2 aromatic carbocycles. The van der Waals surface area contributed by atoms with Gasteiger partial charge in [0.2, 0.25) is 4.96 Å². The molecule has 0 saturated carbocycles. The van der Waals surface area contributed by atoms with Crippen LogP contribution in [0.25, 0.3) is 23.2 Å². The first-order valence-corrected chi connectivity index (χ1v) is 8.93. The molecule has 0 fully saturated rings. The molecule has 0 bridgehead atoms. The summed E-state index contributed by atoms with van der Waals surface area (Å²) in [6, 6.07) is 13.5. The van der Waals surface area contributed by atoms with E-state index in [9.17, 15) is 9.18 Å². The summed E-state index contributed by atoms with van der Waals surface area (Å²) in [5, 5.41) is 4.24. The molecule has 0 aliphatic rings. The van der Waals surface area contributed by atoms with Crippen LogP contribution in [0, 0.1) is 5.82 Å². The summed E-state index contributed by atoms with van der Waals surface area (Å²) < 4.78 is 19.9. The lowest BCUT2D eigenvalue weighted by molar-refractivity contribution is 0.415. The second-order valence-corrected chi connectivity index (χ2v) is 6.75. The topological polar surface area (TPSA) is 56.5 Å². The van der Waals surface area contributed by atoms with Gasteiger partial charge in [-0.2, -0.15) is 9.50 Å². The number of nitrogens with zero attached hydrogens (tertiary/aromatic N) is 3. The molecule has 0 spiro atoms. The summed E-state index contributed by atoms with van der Waals surface area (Å²) >= 11 is 1.28. The molecule has 4 rings (SSSR count). The zero-order valence-corrected chi connectivity index (χ0v) is 15.1. The molecule has 7 heteroatoms. The Labute approximate surface area is 157 Å². The first-order valence-electron chi connectivity index (χ1n) is 8.11. The Balaban J connectivity index is 1.64. The standard InChI is InChI=1S/C20H14FN3O2S/c1-26-16-9-4-14(5-10-16)12-17-19(25)24-20(27-17)22-18(23-24)11-6-13-2-7-15(21)8-3-13/h2-12H,1H3. The Morgan fingerprint density at radius 3 is 2.41 bits per heavy atom. The fourth-order valence-corrected chi connectivity index (χ4v) is 3.43. The van der Waals surface area contributed by atoms with Gasteiger partial charge in [-0.1, -0.05) is 41.7 Å². The number of fused-ring (bicyclic) bond motifs is 1. The van der Waals surface area contributed by atoms with Gasteiger partial charge in [0.15, 0.2) is 5.82 Å². The highest BCUT2D eigenvalue weighted by Gasteiger charge is 2.08. The normalized spacial score (nSPS) is 12.3. The molecule has 0 aliphatic carbocycles. The van der Waals surface area contributed by atoms with Crippen molar-refractivity contribution in [2.45, 2.75) is 0 Å². The fraction of sp³-hybridized carbons (Fsp3) is 0.0500. The average Bonchev–Trinajstić information content (AvgIpc) is 3.21. The van der Waals surface area contributed by atoms with Crippen LogP contribution in [0.4, 0.5) is 4.39 Å². The third-order valence-corrected chi connectivity index (χ3v) is 4.87. The molecule has 0 aliphatic heterocycles. The summed E-state index contributed by atoms with van der Waals surface area (Å²) in [7, 11) is 1.61. The smallest absolute Gasteiger partial charge is 0.291 e. The van der Waals surface area contributed by atoms with Crippen molar-refractivity contribution >= 4 is 34.5 Å². The van der Waals surface area contributed by atoms with Gasteiger partial charge < -0.3 is 4.74 Å². The van der Waals surface area contributed by atoms with Crippen LogP contribution in [-0.2, 0) is 0 Å². The fourth-order valence-electron chi connectivity index (χ4n) is 2.52. The predicted octanol–water partition coefficient (Wildman–Crippen LogP) is 3.02. The number of ether oxygens (including phenoxy) is 1. The predicted molar refractivity (Wildman–Crippen MR) is 104 cm³/mol. The molecule has 2 heterocycles. The van der Waals surface area contributed by atoms with Gasteiger partial charge in [-0.15, -0.1) is 5.10 Å². The summed E-state index contributed by atoms with van der Waals surface area (Å²) in [4.78, 5) is 17.4. The van der Waals surface area contributed by atoms with E-state index >= 15 is 0 Å². The van der Waals surface area contributed by atoms with Crippen LogP contribution in [0.15, 0.2) is 53.3 Å². The van der Waals surface area contributed by atoms with E-state index in [1.54, 1.807) is 37.5 Å². The Bertz CT molecular complexity index is 1230. The van der Waals surface area contributed by atoms with Gasteiger partial charge >= 0.3 is 0 Å². The molecule has 0 unspecified atom stereocenters. The van der Waals surface area contributed by atoms with Crippen molar-refractivity contribution in [3.8, 4) is 5.75 Å². The number of rotatable bonds is 4. The number of methoxy groups -OCH3 is 1. The van der Waals surface area contributed by atoms with Crippen LogP contribution in [0.5, 0.6) is 5.75 Å². The number of benzene rings is 2. The molecular weight excluding hydrogens is 365 g/mol. The third kappa shape index (κ3) is 3.63. The van der Waals surface area contributed by atoms with Crippen molar-refractivity contribution in [2.75, 3.05) is 7.11 Å². The Kier molecular flexibility index (Phi) is 4.52. The van der Waals surface area contributed by atoms with Crippen LogP contribution in [0.1, 0.15) is 17.0 Å². The van der Waals surface area contributed by atoms with E-state index in [1.165, 1.54) is 28.0 Å². The quantitative estimate of drug-likeness (QED) is 0.547. The van der Waals surface area contributed by atoms with E-state index in [-0.39, 0.29) is 11.4 Å². The second-order valence-electron chi connectivity index (χ2n) is 5.74. The SMILES string of the molecule is COc1ccc(C=c2sc3nc(C=Cc4ccc(F)cc4)nn3c2=O)cc1. The van der Waals surface area contributed by atoms with Gasteiger partial charge in [0.1, 0.15) is 11.6 Å². The number of hydrogen-bond donors (Lipinski definition) is 0. The van der Waals surface area contributed by atoms with Crippen molar-refractivity contribution in [1.29, 1.82) is 0 Å². The zero-order valence-electron chi connectivity index (χ0n) is 14.3. The summed E-state index contributed by atoms with van der Waals surface area (Å²) in [5.74, 6) is 0.901. The van der Waals surface area contributed by atoms with Gasteiger partial charge in [0.25, 0.3) is 5.56 Å². The van der Waals surface area contributed by atoms with Gasteiger partial charge in [-0.25, -0.2) is 4.39 Å². The van der Waals surface area contributed by atoms with Crippen molar-refractivity contribution in [3.63, 3.8) is 0 Å². The van der Waals surface area contributed by atoms with Gasteiger partial charge in [-0.05, 0) is 47.5 Å². The minimum Gasteiger partial charge on any atom is -0.497 e. The molecule has 0 N–H and O–H groups in total. The van der Waals surface area contributed by atoms with E-state index in [1.807, 2.05) is 24.3 Å². The van der Waals surface area contributed by atoms with E-state index in [2.05, 4.69) is 10.1 Å². The highest BCUT2D eigenvalue weighted by atomic mass is 32.1. The Hall–Kier alpha value is -3.32. The van der Waals surface area contributed by atoms with Crippen molar-refractivity contribution in [3.05, 3.63) is 86.2 Å². The average molecular weight is 379 g/mol. The van der Waals surface area contributed by atoms with Crippen molar-refractivity contribution in [1.82, 2.24) is 14.6 Å². The van der Waals surface area contributed by atoms with Gasteiger partial charge in [-0.3, -0.25) is 4.79 Å². The minimum atomic E-state index is -0.288. The lowest BCUT2D eigenvalue weighted by atomic mass is 10.2. The maximum absolute atomic E-state index is 12.9. The summed E-state index contributed by atoms with van der Waals surface area (Å²) in [6.45, 7) is 0. The highest BCUT2D eigenvalue weighted by molar-refractivity contribution is 7.15. The van der Waals surface area contributed by atoms with E-state index < -0.39 is 0 Å². The second kappa shape index (κ2) is 7.13. The molecule has 4 aromatic rings. The van der Waals surface area contributed by atoms with Gasteiger partial charge in [0.05, 0.1) is 11.6 Å². The molecule has 134 valence electrons. The molecule has 5 nitrogen and oxygen atoms in total. The molecular formula is C20H14FN3O2S. The van der Waals surface area contributed by atoms with Crippen LogP contribution < -0.4 is 14.8 Å². The van der Waals surface area contributed by atoms with Crippen LogP contribution in [-0.4, -0.2) is 21.7 Å². The molecule has 0 radical (unpaired) electrons. The van der Waals surface area contributed by atoms with Crippen LogP contribution >= 0.6 is 11.3 Å². The third-order valence-electron chi connectivity index (χ3n) is 3.91. The van der Waals surface area contributed by atoms with Gasteiger partial charge in [0, 0.05) is 0 Å². The van der Waals surface area contributed by atoms with Crippen molar-refractivity contribution < 1.29 is 9.13 Å².